The first-order valence-corrected chi connectivity index (χ1v) is 8.52. The molecule has 0 aromatic heterocycles. The minimum absolute atomic E-state index is 0.151. The quantitative estimate of drug-likeness (QED) is 0.812. The Balaban J connectivity index is 2.35. The smallest absolute Gasteiger partial charge is 0.246 e. The molecule has 0 spiro atoms. The summed E-state index contributed by atoms with van der Waals surface area (Å²) in [7, 11) is -0.608. The molecule has 112 valence electrons. The third kappa shape index (κ3) is 3.64. The van der Waals surface area contributed by atoms with Crippen LogP contribution in [0, 0.1) is 0 Å². The Labute approximate surface area is 133 Å². The van der Waals surface area contributed by atoms with Gasteiger partial charge in [0.1, 0.15) is 10.6 Å². The second-order valence-electron chi connectivity index (χ2n) is 4.54. The van der Waals surface area contributed by atoms with Gasteiger partial charge < -0.3 is 4.74 Å². The zero-order valence-electron chi connectivity index (χ0n) is 11.8. The molecular weight excluding hydrogens is 354 g/mol. The Morgan fingerprint density at radius 3 is 2.43 bits per heavy atom. The lowest BCUT2D eigenvalue weighted by Crippen LogP contribution is -2.26. The summed E-state index contributed by atoms with van der Waals surface area (Å²) in [6.45, 7) is 0.304. The topological polar surface area (TPSA) is 46.6 Å². The zero-order chi connectivity index (χ0) is 15.5. The van der Waals surface area contributed by atoms with Gasteiger partial charge in [-0.1, -0.05) is 46.3 Å². The fraction of sp³-hybridized carbons (Fsp3) is 0.200. The van der Waals surface area contributed by atoms with Crippen LogP contribution < -0.4 is 4.74 Å². The summed E-state index contributed by atoms with van der Waals surface area (Å²) in [4.78, 5) is 0.151. The van der Waals surface area contributed by atoms with Crippen LogP contribution in [0.4, 0.5) is 0 Å². The second-order valence-corrected chi connectivity index (χ2v) is 7.47. The van der Waals surface area contributed by atoms with E-state index in [9.17, 15) is 8.42 Å². The molecule has 0 saturated carbocycles. The highest BCUT2D eigenvalue weighted by Gasteiger charge is 2.25. The minimum atomic E-state index is -3.62. The molecule has 0 atom stereocenters. The van der Waals surface area contributed by atoms with E-state index in [0.717, 1.165) is 5.56 Å². The van der Waals surface area contributed by atoms with Crippen molar-refractivity contribution in [1.29, 1.82) is 0 Å². The summed E-state index contributed by atoms with van der Waals surface area (Å²) >= 11 is 3.30. The van der Waals surface area contributed by atoms with Crippen molar-refractivity contribution >= 4 is 26.0 Å². The summed E-state index contributed by atoms with van der Waals surface area (Å²) in [6.07, 6.45) is 0. The van der Waals surface area contributed by atoms with E-state index in [1.807, 2.05) is 30.3 Å². The van der Waals surface area contributed by atoms with E-state index in [1.165, 1.54) is 11.4 Å². The Morgan fingerprint density at radius 2 is 1.81 bits per heavy atom. The van der Waals surface area contributed by atoms with Crippen LogP contribution in [0.25, 0.3) is 0 Å². The summed E-state index contributed by atoms with van der Waals surface area (Å²) in [5.41, 5.74) is 0.928. The van der Waals surface area contributed by atoms with Crippen molar-refractivity contribution in [3.63, 3.8) is 0 Å². The van der Waals surface area contributed by atoms with Crippen LogP contribution in [0.5, 0.6) is 5.75 Å². The third-order valence-corrected chi connectivity index (χ3v) is 5.38. The van der Waals surface area contributed by atoms with Crippen molar-refractivity contribution in [3.05, 3.63) is 58.6 Å². The van der Waals surface area contributed by atoms with Gasteiger partial charge in [0, 0.05) is 18.1 Å². The largest absolute Gasteiger partial charge is 0.495 e. The molecule has 2 rings (SSSR count). The molecule has 0 amide bonds. The Kier molecular flexibility index (Phi) is 5.03. The van der Waals surface area contributed by atoms with Gasteiger partial charge in [-0.2, -0.15) is 4.31 Å². The van der Waals surface area contributed by atoms with Crippen LogP contribution in [0.3, 0.4) is 0 Å². The van der Waals surface area contributed by atoms with Crippen molar-refractivity contribution in [2.45, 2.75) is 11.4 Å². The molecule has 0 unspecified atom stereocenters. The summed E-state index contributed by atoms with van der Waals surface area (Å²) in [5, 5.41) is 0. The average molecular weight is 370 g/mol. The number of benzene rings is 2. The number of rotatable bonds is 5. The van der Waals surface area contributed by atoms with Gasteiger partial charge in [0.05, 0.1) is 7.11 Å². The van der Waals surface area contributed by atoms with Crippen molar-refractivity contribution in [1.82, 2.24) is 4.31 Å². The van der Waals surface area contributed by atoms with Gasteiger partial charge in [-0.05, 0) is 23.8 Å². The standard InChI is InChI=1S/C15H16BrNO3S/c1-17(11-12-6-4-3-5-7-12)21(18,19)15-10-13(16)8-9-14(15)20-2/h3-10H,11H2,1-2H3. The number of ether oxygens (including phenoxy) is 1. The highest BCUT2D eigenvalue weighted by Crippen LogP contribution is 2.29. The molecule has 2 aromatic carbocycles. The highest BCUT2D eigenvalue weighted by molar-refractivity contribution is 9.10. The van der Waals surface area contributed by atoms with Crippen LogP contribution in [0.15, 0.2) is 57.9 Å². The number of hydrogen-bond donors (Lipinski definition) is 0. The minimum Gasteiger partial charge on any atom is -0.495 e. The van der Waals surface area contributed by atoms with Crippen LogP contribution in [0.1, 0.15) is 5.56 Å². The number of nitrogens with zero attached hydrogens (tertiary/aromatic N) is 1. The maximum Gasteiger partial charge on any atom is 0.246 e. The third-order valence-electron chi connectivity index (χ3n) is 3.06. The molecule has 0 saturated heterocycles. The van der Waals surface area contributed by atoms with Crippen molar-refractivity contribution < 1.29 is 13.2 Å². The molecular formula is C15H16BrNO3S. The van der Waals surface area contributed by atoms with Crippen LogP contribution >= 0.6 is 15.9 Å². The number of sulfonamides is 1. The fourth-order valence-electron chi connectivity index (χ4n) is 1.95. The lowest BCUT2D eigenvalue weighted by Gasteiger charge is -2.19. The van der Waals surface area contributed by atoms with Gasteiger partial charge in [0.2, 0.25) is 10.0 Å². The first kappa shape index (κ1) is 16.0. The molecule has 2 aromatic rings. The molecule has 0 radical (unpaired) electrons. The predicted octanol–water partition coefficient (Wildman–Crippen LogP) is 3.28. The second kappa shape index (κ2) is 6.60. The predicted molar refractivity (Wildman–Crippen MR) is 85.8 cm³/mol. The number of hydrogen-bond acceptors (Lipinski definition) is 3. The summed E-state index contributed by atoms with van der Waals surface area (Å²) in [6, 6.07) is 14.4. The van der Waals surface area contributed by atoms with E-state index in [-0.39, 0.29) is 4.90 Å². The van der Waals surface area contributed by atoms with Crippen molar-refractivity contribution in [3.8, 4) is 5.75 Å². The molecule has 21 heavy (non-hydrogen) atoms. The van der Waals surface area contributed by atoms with Gasteiger partial charge in [-0.3, -0.25) is 0 Å². The van der Waals surface area contributed by atoms with E-state index >= 15 is 0 Å². The van der Waals surface area contributed by atoms with Crippen molar-refractivity contribution in [2.75, 3.05) is 14.2 Å². The van der Waals surface area contributed by atoms with Crippen molar-refractivity contribution in [2.24, 2.45) is 0 Å². The van der Waals surface area contributed by atoms with Gasteiger partial charge in [0.15, 0.2) is 0 Å². The molecule has 0 heterocycles. The van der Waals surface area contributed by atoms with E-state index in [2.05, 4.69) is 15.9 Å². The molecule has 0 aliphatic carbocycles. The lowest BCUT2D eigenvalue weighted by molar-refractivity contribution is 0.397. The summed E-state index contributed by atoms with van der Waals surface area (Å²) in [5.74, 6) is 0.332. The molecule has 4 nitrogen and oxygen atoms in total. The maximum atomic E-state index is 12.7. The Hall–Kier alpha value is -1.37. The number of methoxy groups -OCH3 is 1. The Morgan fingerprint density at radius 1 is 1.14 bits per heavy atom. The van der Waals surface area contributed by atoms with E-state index in [1.54, 1.807) is 25.2 Å². The first-order chi connectivity index (χ1) is 9.95. The maximum absolute atomic E-state index is 12.7. The van der Waals surface area contributed by atoms with Crippen LogP contribution in [-0.4, -0.2) is 26.9 Å². The van der Waals surface area contributed by atoms with Gasteiger partial charge >= 0.3 is 0 Å². The average Bonchev–Trinajstić information content (AvgIpc) is 2.48. The lowest BCUT2D eigenvalue weighted by atomic mass is 10.2. The van der Waals surface area contributed by atoms with E-state index in [0.29, 0.717) is 16.8 Å². The molecule has 0 bridgehead atoms. The molecule has 0 fully saturated rings. The number of halogens is 1. The monoisotopic (exact) mass is 369 g/mol. The first-order valence-electron chi connectivity index (χ1n) is 6.29. The Bertz CT molecular complexity index is 717. The SMILES string of the molecule is COc1ccc(Br)cc1S(=O)(=O)N(C)Cc1ccccc1. The van der Waals surface area contributed by atoms with E-state index in [4.69, 9.17) is 4.74 Å². The zero-order valence-corrected chi connectivity index (χ0v) is 14.2. The molecule has 0 N–H and O–H groups in total. The molecule has 6 heteroatoms. The summed E-state index contributed by atoms with van der Waals surface area (Å²) < 4.78 is 32.5. The van der Waals surface area contributed by atoms with Gasteiger partial charge in [0.25, 0.3) is 0 Å². The van der Waals surface area contributed by atoms with Crippen LogP contribution in [0.2, 0.25) is 0 Å². The molecule has 0 aliphatic heterocycles. The van der Waals surface area contributed by atoms with Gasteiger partial charge in [-0.25, -0.2) is 8.42 Å². The normalized spacial score (nSPS) is 11.6. The fourth-order valence-corrected chi connectivity index (χ4v) is 3.79. The van der Waals surface area contributed by atoms with Crippen LogP contribution in [-0.2, 0) is 16.6 Å². The highest BCUT2D eigenvalue weighted by atomic mass is 79.9. The van der Waals surface area contributed by atoms with Gasteiger partial charge in [-0.15, -0.1) is 0 Å². The van der Waals surface area contributed by atoms with E-state index < -0.39 is 10.0 Å². The molecule has 0 aliphatic rings.